The predicted molar refractivity (Wildman–Crippen MR) is 80.9 cm³/mol. The minimum absolute atomic E-state index is 0.0694. The lowest BCUT2D eigenvalue weighted by Gasteiger charge is -2.10. The van der Waals surface area contributed by atoms with E-state index in [9.17, 15) is 4.79 Å². The van der Waals surface area contributed by atoms with Crippen molar-refractivity contribution in [3.8, 4) is 0 Å². The third-order valence-corrected chi connectivity index (χ3v) is 2.84. The minimum atomic E-state index is -0.0694. The number of amides is 1. The fourth-order valence-electron chi connectivity index (χ4n) is 1.72. The largest absolute Gasteiger partial charge is 0.378 e. The van der Waals surface area contributed by atoms with E-state index >= 15 is 0 Å². The van der Waals surface area contributed by atoms with Gasteiger partial charge in [0.25, 0.3) is 5.91 Å². The Labute approximate surface area is 121 Å². The van der Waals surface area contributed by atoms with Gasteiger partial charge in [-0.05, 0) is 44.8 Å². The normalized spacial score (nSPS) is 10.8. The number of hydrogen-bond acceptors (Lipinski definition) is 4. The number of rotatable bonds is 9. The van der Waals surface area contributed by atoms with Crippen LogP contribution in [0.4, 0.5) is 0 Å². The summed E-state index contributed by atoms with van der Waals surface area (Å²) >= 11 is 0. The van der Waals surface area contributed by atoms with Crippen LogP contribution in [0, 0.1) is 0 Å². The van der Waals surface area contributed by atoms with Gasteiger partial charge < -0.3 is 20.7 Å². The quantitative estimate of drug-likeness (QED) is 0.646. The Kier molecular flexibility index (Phi) is 7.87. The van der Waals surface area contributed by atoms with Gasteiger partial charge in [-0.1, -0.05) is 12.1 Å². The molecule has 0 aliphatic rings. The topological polar surface area (TPSA) is 67.6 Å². The molecule has 112 valence electrons. The number of nitrogens with two attached hydrogens (primary N) is 1. The van der Waals surface area contributed by atoms with Gasteiger partial charge in [0.1, 0.15) is 0 Å². The van der Waals surface area contributed by atoms with Crippen molar-refractivity contribution in [2.24, 2.45) is 5.73 Å². The van der Waals surface area contributed by atoms with Crippen LogP contribution >= 0.6 is 0 Å². The number of hydrogen-bond donors (Lipinski definition) is 2. The summed E-state index contributed by atoms with van der Waals surface area (Å²) in [6.45, 7) is 3.20. The second-order valence-electron chi connectivity index (χ2n) is 4.91. The van der Waals surface area contributed by atoms with E-state index < -0.39 is 0 Å². The zero-order valence-electron chi connectivity index (χ0n) is 12.4. The molecule has 20 heavy (non-hydrogen) atoms. The highest BCUT2D eigenvalue weighted by Crippen LogP contribution is 2.05. The Morgan fingerprint density at radius 1 is 1.35 bits per heavy atom. The number of likely N-dealkylation sites (N-methyl/N-ethyl adjacent to an activating group) is 1. The first kappa shape index (κ1) is 16.6. The molecule has 0 saturated carbocycles. The predicted octanol–water partition coefficient (Wildman–Crippen LogP) is 0.496. The average molecular weight is 279 g/mol. The van der Waals surface area contributed by atoms with Crippen LogP contribution in [0.2, 0.25) is 0 Å². The molecule has 5 heteroatoms. The molecule has 0 atom stereocenters. The maximum atomic E-state index is 11.9. The molecule has 0 radical (unpaired) electrons. The Morgan fingerprint density at radius 2 is 2.15 bits per heavy atom. The van der Waals surface area contributed by atoms with Gasteiger partial charge in [0.2, 0.25) is 0 Å². The first-order chi connectivity index (χ1) is 9.63. The SMILES string of the molecule is CN(C)CCOCCNC(=O)c1cccc(CCN)c1. The Morgan fingerprint density at radius 3 is 2.85 bits per heavy atom. The van der Waals surface area contributed by atoms with Gasteiger partial charge in [-0.15, -0.1) is 0 Å². The van der Waals surface area contributed by atoms with Gasteiger partial charge in [-0.25, -0.2) is 0 Å². The molecular formula is C15H25N3O2. The highest BCUT2D eigenvalue weighted by atomic mass is 16.5. The molecule has 1 aromatic carbocycles. The molecule has 5 nitrogen and oxygen atoms in total. The molecular weight excluding hydrogens is 254 g/mol. The minimum Gasteiger partial charge on any atom is -0.378 e. The third-order valence-electron chi connectivity index (χ3n) is 2.84. The van der Waals surface area contributed by atoms with Crippen LogP contribution in [0.15, 0.2) is 24.3 Å². The van der Waals surface area contributed by atoms with Crippen molar-refractivity contribution < 1.29 is 9.53 Å². The molecule has 3 N–H and O–H groups in total. The fourth-order valence-corrected chi connectivity index (χ4v) is 1.72. The summed E-state index contributed by atoms with van der Waals surface area (Å²) in [6, 6.07) is 7.55. The van der Waals surface area contributed by atoms with Crippen molar-refractivity contribution in [3.05, 3.63) is 35.4 Å². The number of carbonyl (C=O) groups excluding carboxylic acids is 1. The van der Waals surface area contributed by atoms with Gasteiger partial charge >= 0.3 is 0 Å². The highest BCUT2D eigenvalue weighted by molar-refractivity contribution is 5.94. The van der Waals surface area contributed by atoms with Crippen molar-refractivity contribution >= 4 is 5.91 Å². The lowest BCUT2D eigenvalue weighted by atomic mass is 10.1. The average Bonchev–Trinajstić information content (AvgIpc) is 2.43. The first-order valence-corrected chi connectivity index (χ1v) is 6.93. The van der Waals surface area contributed by atoms with Crippen LogP contribution in [-0.4, -0.2) is 57.8 Å². The molecule has 0 aliphatic heterocycles. The number of nitrogens with one attached hydrogen (secondary N) is 1. The van der Waals surface area contributed by atoms with E-state index in [1.54, 1.807) is 0 Å². The number of benzene rings is 1. The summed E-state index contributed by atoms with van der Waals surface area (Å²) in [7, 11) is 4.00. The lowest BCUT2D eigenvalue weighted by Crippen LogP contribution is -2.28. The molecule has 0 unspecified atom stereocenters. The van der Waals surface area contributed by atoms with Crippen molar-refractivity contribution in [3.63, 3.8) is 0 Å². The zero-order chi connectivity index (χ0) is 14.8. The van der Waals surface area contributed by atoms with Crippen molar-refractivity contribution in [2.45, 2.75) is 6.42 Å². The Bertz CT molecular complexity index is 408. The van der Waals surface area contributed by atoms with Crippen LogP contribution in [0.3, 0.4) is 0 Å². The van der Waals surface area contributed by atoms with Crippen LogP contribution in [0.1, 0.15) is 15.9 Å². The number of ether oxygens (including phenoxy) is 1. The van der Waals surface area contributed by atoms with Crippen LogP contribution in [0.5, 0.6) is 0 Å². The summed E-state index contributed by atoms with van der Waals surface area (Å²) in [6.07, 6.45) is 0.786. The van der Waals surface area contributed by atoms with Crippen LogP contribution in [-0.2, 0) is 11.2 Å². The van der Waals surface area contributed by atoms with Crippen LogP contribution in [0.25, 0.3) is 0 Å². The van der Waals surface area contributed by atoms with Crippen molar-refractivity contribution in [1.82, 2.24) is 10.2 Å². The fraction of sp³-hybridized carbons (Fsp3) is 0.533. The van der Waals surface area contributed by atoms with E-state index in [0.29, 0.717) is 31.9 Å². The third kappa shape index (κ3) is 6.65. The van der Waals surface area contributed by atoms with E-state index in [0.717, 1.165) is 18.5 Å². The van der Waals surface area contributed by atoms with E-state index in [1.807, 2.05) is 38.4 Å². The lowest BCUT2D eigenvalue weighted by molar-refractivity contribution is 0.0900. The smallest absolute Gasteiger partial charge is 0.251 e. The maximum Gasteiger partial charge on any atom is 0.251 e. The summed E-state index contributed by atoms with van der Waals surface area (Å²) in [5, 5.41) is 2.85. The Hall–Kier alpha value is -1.43. The van der Waals surface area contributed by atoms with Crippen LogP contribution < -0.4 is 11.1 Å². The second kappa shape index (κ2) is 9.47. The molecule has 0 aromatic heterocycles. The maximum absolute atomic E-state index is 11.9. The second-order valence-corrected chi connectivity index (χ2v) is 4.91. The monoisotopic (exact) mass is 279 g/mol. The first-order valence-electron chi connectivity index (χ1n) is 6.93. The van der Waals surface area contributed by atoms with Gasteiger partial charge in [0.05, 0.1) is 13.2 Å². The number of nitrogens with zero attached hydrogens (tertiary/aromatic N) is 1. The van der Waals surface area contributed by atoms with E-state index in [2.05, 4.69) is 10.2 Å². The highest BCUT2D eigenvalue weighted by Gasteiger charge is 2.05. The molecule has 0 saturated heterocycles. The van der Waals surface area contributed by atoms with Crippen molar-refractivity contribution in [1.29, 1.82) is 0 Å². The molecule has 1 rings (SSSR count). The van der Waals surface area contributed by atoms with Gasteiger partial charge in [0.15, 0.2) is 0 Å². The van der Waals surface area contributed by atoms with E-state index in [-0.39, 0.29) is 5.91 Å². The van der Waals surface area contributed by atoms with E-state index in [4.69, 9.17) is 10.5 Å². The molecule has 1 aromatic rings. The molecule has 0 spiro atoms. The summed E-state index contributed by atoms with van der Waals surface area (Å²) in [5.74, 6) is -0.0694. The van der Waals surface area contributed by atoms with Gasteiger partial charge in [-0.2, -0.15) is 0 Å². The van der Waals surface area contributed by atoms with E-state index in [1.165, 1.54) is 0 Å². The summed E-state index contributed by atoms with van der Waals surface area (Å²) in [5.41, 5.74) is 7.27. The molecule has 0 aliphatic carbocycles. The van der Waals surface area contributed by atoms with Gasteiger partial charge in [-0.3, -0.25) is 4.79 Å². The molecule has 0 bridgehead atoms. The molecule has 0 fully saturated rings. The summed E-state index contributed by atoms with van der Waals surface area (Å²) < 4.78 is 5.42. The zero-order valence-corrected chi connectivity index (χ0v) is 12.4. The molecule has 1 amide bonds. The summed E-state index contributed by atoms with van der Waals surface area (Å²) in [4.78, 5) is 14.0. The number of carbonyl (C=O) groups is 1. The molecule has 0 heterocycles. The van der Waals surface area contributed by atoms with Gasteiger partial charge in [0, 0.05) is 18.7 Å². The van der Waals surface area contributed by atoms with Crippen molar-refractivity contribution in [2.75, 3.05) is 46.9 Å². The Balaban J connectivity index is 2.27. The standard InChI is InChI=1S/C15H25N3O2/c1-18(2)9-11-20-10-8-17-15(19)14-5-3-4-13(12-14)6-7-16/h3-5,12H,6-11,16H2,1-2H3,(H,17,19).